The molecule has 0 rings (SSSR count). The van der Waals surface area contributed by atoms with Gasteiger partial charge in [-0.15, -0.1) is 0 Å². The molecule has 0 atom stereocenters. The predicted octanol–water partition coefficient (Wildman–Crippen LogP) is 0.529. The lowest BCUT2D eigenvalue weighted by Gasteiger charge is -1.95. The monoisotopic (exact) mass is 150 g/mol. The first kappa shape index (κ1) is 9.19. The Morgan fingerprint density at radius 3 is 2.91 bits per heavy atom. The zero-order valence-electron chi connectivity index (χ0n) is 5.83. The zero-order valence-corrected chi connectivity index (χ0v) is 5.83. The number of carbonyl (C=O) groups is 1. The standard InChI is InChI=1S/C7H6N2O2/c1-6(3-8)5-11-7(10)4-9-2/h1,4-5H2. The highest BCUT2D eigenvalue weighted by Gasteiger charge is 2.04. The van der Waals surface area contributed by atoms with E-state index in [9.17, 15) is 4.79 Å². The van der Waals surface area contributed by atoms with Crippen LogP contribution in [-0.2, 0) is 9.53 Å². The molecule has 0 aliphatic rings. The van der Waals surface area contributed by atoms with Crippen LogP contribution >= 0.6 is 0 Å². The van der Waals surface area contributed by atoms with Crippen LogP contribution in [0.4, 0.5) is 0 Å². The van der Waals surface area contributed by atoms with Gasteiger partial charge in [-0.1, -0.05) is 6.58 Å². The van der Waals surface area contributed by atoms with Gasteiger partial charge in [0.25, 0.3) is 0 Å². The molecule has 0 bridgehead atoms. The molecule has 0 aromatic carbocycles. The lowest BCUT2D eigenvalue weighted by molar-refractivity contribution is -0.140. The molecule has 0 spiro atoms. The Kier molecular flexibility index (Phi) is 4.19. The zero-order chi connectivity index (χ0) is 8.69. The molecule has 4 heteroatoms. The molecule has 0 radical (unpaired) electrons. The van der Waals surface area contributed by atoms with Crippen molar-refractivity contribution >= 4 is 5.97 Å². The first-order valence-electron chi connectivity index (χ1n) is 2.77. The van der Waals surface area contributed by atoms with E-state index in [1.807, 2.05) is 0 Å². The van der Waals surface area contributed by atoms with Crippen LogP contribution in [0.3, 0.4) is 0 Å². The van der Waals surface area contributed by atoms with Crippen LogP contribution in [0.25, 0.3) is 4.85 Å². The summed E-state index contributed by atoms with van der Waals surface area (Å²) in [4.78, 5) is 13.3. The minimum Gasteiger partial charge on any atom is -0.455 e. The third kappa shape index (κ3) is 4.68. The van der Waals surface area contributed by atoms with Gasteiger partial charge in [-0.25, -0.2) is 11.4 Å². The smallest absolute Gasteiger partial charge is 0.387 e. The van der Waals surface area contributed by atoms with Crippen molar-refractivity contribution in [3.63, 3.8) is 0 Å². The summed E-state index contributed by atoms with van der Waals surface area (Å²) < 4.78 is 4.46. The van der Waals surface area contributed by atoms with Gasteiger partial charge >= 0.3 is 12.5 Å². The fraction of sp³-hybridized carbons (Fsp3) is 0.286. The maximum Gasteiger partial charge on any atom is 0.387 e. The third-order valence-corrected chi connectivity index (χ3v) is 0.774. The second kappa shape index (κ2) is 5.01. The number of hydrogen-bond acceptors (Lipinski definition) is 3. The highest BCUT2D eigenvalue weighted by molar-refractivity contribution is 5.73. The van der Waals surface area contributed by atoms with Gasteiger partial charge in [0.1, 0.15) is 6.61 Å². The van der Waals surface area contributed by atoms with Gasteiger partial charge in [-0.2, -0.15) is 5.26 Å². The van der Waals surface area contributed by atoms with Gasteiger partial charge in [0, 0.05) is 0 Å². The van der Waals surface area contributed by atoms with E-state index in [4.69, 9.17) is 11.8 Å². The maximum atomic E-state index is 10.5. The molecular weight excluding hydrogens is 144 g/mol. The van der Waals surface area contributed by atoms with Crippen molar-refractivity contribution < 1.29 is 9.53 Å². The third-order valence-electron chi connectivity index (χ3n) is 0.774. The minimum atomic E-state index is -0.628. The van der Waals surface area contributed by atoms with Gasteiger partial charge in [0.2, 0.25) is 0 Å². The molecule has 0 saturated heterocycles. The van der Waals surface area contributed by atoms with Crippen LogP contribution in [-0.4, -0.2) is 19.1 Å². The fourth-order valence-corrected chi connectivity index (χ4v) is 0.310. The summed E-state index contributed by atoms with van der Waals surface area (Å²) in [5.41, 5.74) is 0.170. The average Bonchev–Trinajstić information content (AvgIpc) is 2.01. The first-order valence-corrected chi connectivity index (χ1v) is 2.77. The van der Waals surface area contributed by atoms with E-state index < -0.39 is 5.97 Å². The van der Waals surface area contributed by atoms with Crippen LogP contribution in [0.5, 0.6) is 0 Å². The quantitative estimate of drug-likeness (QED) is 0.335. The summed E-state index contributed by atoms with van der Waals surface area (Å²) >= 11 is 0. The Balaban J connectivity index is 3.58. The molecular formula is C7H6N2O2. The molecule has 56 valence electrons. The Bertz CT molecular complexity index is 244. The topological polar surface area (TPSA) is 54.5 Å². The molecule has 0 amide bonds. The summed E-state index contributed by atoms with van der Waals surface area (Å²) in [7, 11) is 0. The second-order valence-electron chi connectivity index (χ2n) is 1.69. The average molecular weight is 150 g/mol. The first-order chi connectivity index (χ1) is 5.20. The highest BCUT2D eigenvalue weighted by atomic mass is 16.5. The molecule has 0 saturated carbocycles. The van der Waals surface area contributed by atoms with Crippen molar-refractivity contribution in [3.05, 3.63) is 23.6 Å². The van der Waals surface area contributed by atoms with E-state index in [1.165, 1.54) is 0 Å². The summed E-state index contributed by atoms with van der Waals surface area (Å²) in [6.07, 6.45) is 0. The van der Waals surface area contributed by atoms with Gasteiger partial charge in [0.15, 0.2) is 0 Å². The fourth-order valence-electron chi connectivity index (χ4n) is 0.310. The lowest BCUT2D eigenvalue weighted by Crippen LogP contribution is -2.08. The van der Waals surface area contributed by atoms with Crippen LogP contribution in [0.15, 0.2) is 12.2 Å². The second-order valence-corrected chi connectivity index (χ2v) is 1.69. The maximum absolute atomic E-state index is 10.5. The Hall–Kier alpha value is -1.81. The van der Waals surface area contributed by atoms with E-state index in [2.05, 4.69) is 16.2 Å². The van der Waals surface area contributed by atoms with E-state index in [-0.39, 0.29) is 18.7 Å². The van der Waals surface area contributed by atoms with Crippen molar-refractivity contribution in [1.29, 1.82) is 5.26 Å². The SMILES string of the molecule is [C-]#[N+]CC(=O)OCC(=C)C#N. The predicted molar refractivity (Wildman–Crippen MR) is 37.2 cm³/mol. The molecule has 0 N–H and O–H groups in total. The van der Waals surface area contributed by atoms with Crippen molar-refractivity contribution in [2.45, 2.75) is 0 Å². The van der Waals surface area contributed by atoms with Crippen molar-refractivity contribution in [2.24, 2.45) is 0 Å². The number of nitrogens with zero attached hydrogens (tertiary/aromatic N) is 2. The van der Waals surface area contributed by atoms with E-state index in [1.54, 1.807) is 6.07 Å². The number of rotatable bonds is 3. The molecule has 0 aliphatic heterocycles. The van der Waals surface area contributed by atoms with Crippen molar-refractivity contribution in [1.82, 2.24) is 0 Å². The molecule has 11 heavy (non-hydrogen) atoms. The van der Waals surface area contributed by atoms with E-state index >= 15 is 0 Å². The van der Waals surface area contributed by atoms with Gasteiger partial charge in [-0.05, 0) is 0 Å². The molecule has 0 aromatic rings. The summed E-state index contributed by atoms with van der Waals surface area (Å²) in [5.74, 6) is -0.628. The number of nitriles is 1. The number of ether oxygens (including phenoxy) is 1. The van der Waals surface area contributed by atoms with Crippen LogP contribution in [0.1, 0.15) is 0 Å². The van der Waals surface area contributed by atoms with Crippen molar-refractivity contribution in [3.8, 4) is 6.07 Å². The summed E-state index contributed by atoms with van der Waals surface area (Å²) in [6.45, 7) is 9.16. The van der Waals surface area contributed by atoms with Gasteiger partial charge < -0.3 is 9.58 Å². The molecule has 0 fully saturated rings. The normalized spacial score (nSPS) is 7.45. The highest BCUT2D eigenvalue weighted by Crippen LogP contribution is 1.89. The lowest BCUT2D eigenvalue weighted by atomic mass is 10.4. The molecule has 0 aromatic heterocycles. The summed E-state index contributed by atoms with van der Waals surface area (Å²) in [5, 5.41) is 8.18. The van der Waals surface area contributed by atoms with Crippen LogP contribution in [0, 0.1) is 17.9 Å². The summed E-state index contributed by atoms with van der Waals surface area (Å²) in [6, 6.07) is 1.71. The largest absolute Gasteiger partial charge is 0.455 e. The number of hydrogen-bond donors (Lipinski definition) is 0. The Morgan fingerprint density at radius 1 is 1.82 bits per heavy atom. The molecule has 0 aliphatic carbocycles. The van der Waals surface area contributed by atoms with Gasteiger partial charge in [-0.3, -0.25) is 0 Å². The van der Waals surface area contributed by atoms with Crippen LogP contribution in [0.2, 0.25) is 0 Å². The number of esters is 1. The molecule has 4 nitrogen and oxygen atoms in total. The number of carbonyl (C=O) groups excluding carboxylic acids is 1. The van der Waals surface area contributed by atoms with E-state index in [0.717, 1.165) is 0 Å². The molecule has 0 unspecified atom stereocenters. The van der Waals surface area contributed by atoms with Gasteiger partial charge in [0.05, 0.1) is 11.6 Å². The Labute approximate surface area is 64.5 Å². The Morgan fingerprint density at radius 2 is 2.45 bits per heavy atom. The van der Waals surface area contributed by atoms with E-state index in [0.29, 0.717) is 0 Å². The molecule has 0 heterocycles. The van der Waals surface area contributed by atoms with Crippen molar-refractivity contribution in [2.75, 3.05) is 13.2 Å². The minimum absolute atomic E-state index is 0.120. The van der Waals surface area contributed by atoms with Crippen LogP contribution < -0.4 is 0 Å².